The molecule has 6 heteroatoms. The number of ether oxygens (including phenoxy) is 1. The number of halogens is 2. The number of hydrogen-bond acceptors (Lipinski definition) is 3. The largest absolute Gasteiger partial charge is 0.372 e. The molecule has 4 fully saturated rings. The van der Waals surface area contributed by atoms with Crippen LogP contribution in [-0.2, 0) is 9.53 Å². The maximum absolute atomic E-state index is 12.8. The molecule has 0 bridgehead atoms. The minimum absolute atomic E-state index is 0.00309. The Morgan fingerprint density at radius 2 is 1.96 bits per heavy atom. The second-order valence-corrected chi connectivity index (χ2v) is 8.05. The number of nitrogens with zero attached hydrogens (tertiary/aromatic N) is 1. The van der Waals surface area contributed by atoms with Gasteiger partial charge in [0.25, 0.3) is 0 Å². The van der Waals surface area contributed by atoms with Gasteiger partial charge >= 0.3 is 0 Å². The quantitative estimate of drug-likeness (QED) is 0.811. The number of amides is 1. The van der Waals surface area contributed by atoms with Crippen LogP contribution < -0.4 is 5.32 Å². The van der Waals surface area contributed by atoms with E-state index in [1.807, 2.05) is 0 Å². The fourth-order valence-electron chi connectivity index (χ4n) is 4.41. The third-order valence-electron chi connectivity index (χ3n) is 6.05. The highest BCUT2D eigenvalue weighted by atomic mass is 19.3. The van der Waals surface area contributed by atoms with Crippen molar-refractivity contribution in [1.29, 1.82) is 0 Å². The first-order chi connectivity index (χ1) is 11.0. The fraction of sp³-hybridized carbons (Fsp3) is 0.941. The molecule has 1 spiro atoms. The number of alkyl halides is 2. The first-order valence-corrected chi connectivity index (χ1v) is 8.98. The van der Waals surface area contributed by atoms with Gasteiger partial charge in [-0.2, -0.15) is 0 Å². The monoisotopic (exact) mass is 328 g/mol. The molecule has 23 heavy (non-hydrogen) atoms. The van der Waals surface area contributed by atoms with E-state index in [2.05, 4.69) is 10.2 Å². The van der Waals surface area contributed by atoms with Crippen molar-refractivity contribution in [3.63, 3.8) is 0 Å². The van der Waals surface area contributed by atoms with E-state index < -0.39 is 11.8 Å². The molecular formula is C17H26F2N2O2. The normalized spacial score (nSPS) is 32.5. The molecule has 4 nitrogen and oxygen atoms in total. The van der Waals surface area contributed by atoms with Crippen molar-refractivity contribution in [3.05, 3.63) is 0 Å². The van der Waals surface area contributed by atoms with Crippen LogP contribution in [0.3, 0.4) is 0 Å². The van der Waals surface area contributed by atoms with E-state index in [-0.39, 0.29) is 24.3 Å². The molecule has 1 atom stereocenters. The van der Waals surface area contributed by atoms with Crippen molar-refractivity contribution < 1.29 is 18.3 Å². The third kappa shape index (κ3) is 3.25. The first-order valence-electron chi connectivity index (χ1n) is 8.98. The van der Waals surface area contributed by atoms with E-state index in [0.717, 1.165) is 38.5 Å². The van der Waals surface area contributed by atoms with Crippen LogP contribution >= 0.6 is 0 Å². The van der Waals surface area contributed by atoms with Gasteiger partial charge in [-0.25, -0.2) is 8.78 Å². The van der Waals surface area contributed by atoms with Crippen molar-refractivity contribution in [1.82, 2.24) is 10.2 Å². The van der Waals surface area contributed by atoms with Crippen LogP contribution in [0.2, 0.25) is 0 Å². The topological polar surface area (TPSA) is 41.6 Å². The molecule has 2 aliphatic carbocycles. The van der Waals surface area contributed by atoms with E-state index in [0.29, 0.717) is 12.5 Å². The Morgan fingerprint density at radius 1 is 1.22 bits per heavy atom. The fourth-order valence-corrected chi connectivity index (χ4v) is 4.41. The highest BCUT2D eigenvalue weighted by molar-refractivity contribution is 5.79. The second kappa shape index (κ2) is 5.66. The summed E-state index contributed by atoms with van der Waals surface area (Å²) in [6.45, 7) is 4.66. The molecule has 0 unspecified atom stereocenters. The number of carbonyl (C=O) groups is 1. The summed E-state index contributed by atoms with van der Waals surface area (Å²) in [5, 5.41) is 2.85. The second-order valence-electron chi connectivity index (χ2n) is 8.05. The van der Waals surface area contributed by atoms with Gasteiger partial charge in [-0.1, -0.05) is 0 Å². The molecule has 130 valence electrons. The van der Waals surface area contributed by atoms with Gasteiger partial charge in [-0.3, -0.25) is 9.69 Å². The first kappa shape index (κ1) is 15.8. The average molecular weight is 328 g/mol. The highest BCUT2D eigenvalue weighted by Crippen LogP contribution is 2.44. The zero-order valence-electron chi connectivity index (χ0n) is 13.5. The Labute approximate surface area is 135 Å². The molecule has 1 amide bonds. The molecule has 2 saturated carbocycles. The van der Waals surface area contributed by atoms with E-state index in [9.17, 15) is 13.6 Å². The van der Waals surface area contributed by atoms with Crippen LogP contribution in [0.5, 0.6) is 0 Å². The summed E-state index contributed by atoms with van der Waals surface area (Å²) in [6.07, 6.45) is 4.12. The Morgan fingerprint density at radius 3 is 2.61 bits per heavy atom. The lowest BCUT2D eigenvalue weighted by atomic mass is 9.78. The van der Waals surface area contributed by atoms with E-state index in [1.54, 1.807) is 0 Å². The van der Waals surface area contributed by atoms with E-state index in [4.69, 9.17) is 4.74 Å². The molecule has 0 aromatic rings. The van der Waals surface area contributed by atoms with Crippen LogP contribution in [0.15, 0.2) is 0 Å². The molecule has 4 aliphatic rings. The summed E-state index contributed by atoms with van der Waals surface area (Å²) >= 11 is 0. The Bertz CT molecular complexity index is 467. The van der Waals surface area contributed by atoms with Gasteiger partial charge in [0.15, 0.2) is 0 Å². The van der Waals surface area contributed by atoms with Crippen LogP contribution in [0.1, 0.15) is 38.5 Å². The summed E-state index contributed by atoms with van der Waals surface area (Å²) in [6, 6.07) is 0. The minimum atomic E-state index is -2.62. The predicted molar refractivity (Wildman–Crippen MR) is 81.3 cm³/mol. The van der Waals surface area contributed by atoms with Crippen LogP contribution in [-0.4, -0.2) is 55.1 Å². The average Bonchev–Trinajstić information content (AvgIpc) is 3.14. The molecule has 0 aromatic heterocycles. The number of likely N-dealkylation sites (tertiary alicyclic amines) is 1. The minimum Gasteiger partial charge on any atom is -0.372 e. The number of rotatable bonds is 6. The molecule has 1 N–H and O–H groups in total. The molecule has 0 radical (unpaired) electrons. The SMILES string of the molecule is O=C(NCC[C@H]1CCOC12CN(CC1CC1)C2)C1CC(F)(F)C1. The molecule has 2 saturated heterocycles. The van der Waals surface area contributed by atoms with Gasteiger partial charge < -0.3 is 10.1 Å². The van der Waals surface area contributed by atoms with Gasteiger partial charge in [0.2, 0.25) is 11.8 Å². The van der Waals surface area contributed by atoms with Crippen LogP contribution in [0.4, 0.5) is 8.78 Å². The lowest BCUT2D eigenvalue weighted by molar-refractivity contribution is -0.150. The van der Waals surface area contributed by atoms with E-state index in [1.165, 1.54) is 19.4 Å². The van der Waals surface area contributed by atoms with Crippen molar-refractivity contribution in [3.8, 4) is 0 Å². The predicted octanol–water partition coefficient (Wildman–Crippen LogP) is 2.04. The lowest BCUT2D eigenvalue weighted by Gasteiger charge is -2.50. The summed E-state index contributed by atoms with van der Waals surface area (Å²) < 4.78 is 31.6. The van der Waals surface area contributed by atoms with E-state index >= 15 is 0 Å². The summed E-state index contributed by atoms with van der Waals surface area (Å²) in [4.78, 5) is 14.3. The Balaban J connectivity index is 1.18. The lowest BCUT2D eigenvalue weighted by Crippen LogP contribution is -2.65. The van der Waals surface area contributed by atoms with Crippen LogP contribution in [0.25, 0.3) is 0 Å². The van der Waals surface area contributed by atoms with Gasteiger partial charge in [0.05, 0.1) is 5.60 Å². The van der Waals surface area contributed by atoms with Crippen molar-refractivity contribution in [2.75, 3.05) is 32.8 Å². The molecule has 2 heterocycles. The summed E-state index contributed by atoms with van der Waals surface area (Å²) in [7, 11) is 0. The maximum Gasteiger partial charge on any atom is 0.249 e. The van der Waals surface area contributed by atoms with Gasteiger partial charge in [-0.05, 0) is 37.5 Å². The molecule has 4 rings (SSSR count). The van der Waals surface area contributed by atoms with Gasteiger partial charge in [0, 0.05) is 51.5 Å². The zero-order chi connectivity index (χ0) is 16.1. The van der Waals surface area contributed by atoms with Gasteiger partial charge in [0.1, 0.15) is 0 Å². The van der Waals surface area contributed by atoms with Crippen molar-refractivity contribution in [2.45, 2.75) is 50.0 Å². The maximum atomic E-state index is 12.8. The Hall–Kier alpha value is -0.750. The number of hydrogen-bond donors (Lipinski definition) is 1. The summed E-state index contributed by atoms with van der Waals surface area (Å²) in [5.74, 6) is -1.92. The molecule has 0 aromatic carbocycles. The smallest absolute Gasteiger partial charge is 0.249 e. The Kier molecular flexibility index (Phi) is 3.88. The molecule has 2 aliphatic heterocycles. The van der Waals surface area contributed by atoms with Gasteiger partial charge in [-0.15, -0.1) is 0 Å². The molecular weight excluding hydrogens is 302 g/mol. The zero-order valence-corrected chi connectivity index (χ0v) is 13.5. The summed E-state index contributed by atoms with van der Waals surface area (Å²) in [5.41, 5.74) is 0.00309. The standard InChI is InChI=1S/C17H26F2N2O2/c18-17(19)7-13(8-17)15(22)20-5-3-14-4-6-23-16(14)10-21(11-16)9-12-1-2-12/h12-14H,1-11H2,(H,20,22)/t14-/m0/s1. The number of carbonyl (C=O) groups excluding carboxylic acids is 1. The number of nitrogens with one attached hydrogen (secondary N) is 1. The van der Waals surface area contributed by atoms with Crippen molar-refractivity contribution in [2.24, 2.45) is 17.8 Å². The van der Waals surface area contributed by atoms with Crippen molar-refractivity contribution >= 4 is 5.91 Å². The van der Waals surface area contributed by atoms with Crippen LogP contribution in [0, 0.1) is 17.8 Å². The third-order valence-corrected chi connectivity index (χ3v) is 6.05. The highest BCUT2D eigenvalue weighted by Gasteiger charge is 2.53.